The van der Waals surface area contributed by atoms with E-state index in [4.69, 9.17) is 60.0 Å². The van der Waals surface area contributed by atoms with Crippen LogP contribution < -0.4 is 0 Å². The molecule has 0 spiro atoms. The molecule has 3 heterocycles. The molecule has 3 N–H and O–H groups in total. The van der Waals surface area contributed by atoms with Crippen LogP contribution in [0.3, 0.4) is 0 Å². The quantitative estimate of drug-likeness (QED) is 0.345. The highest BCUT2D eigenvalue weighted by Crippen LogP contribution is 2.50. The van der Waals surface area contributed by atoms with Gasteiger partial charge >= 0.3 is 13.4 Å². The summed E-state index contributed by atoms with van der Waals surface area (Å²) in [6, 6.07) is 0. The maximum absolute atomic E-state index is 10.5. The van der Waals surface area contributed by atoms with Crippen molar-refractivity contribution in [3.8, 4) is 0 Å². The summed E-state index contributed by atoms with van der Waals surface area (Å²) in [5, 5.41) is 9.82. The molecule has 0 aromatic heterocycles. The minimum absolute atomic E-state index is 0.0672. The second-order valence-electron chi connectivity index (χ2n) is 7.02. The third-order valence-electron chi connectivity index (χ3n) is 4.81. The summed E-state index contributed by atoms with van der Waals surface area (Å²) in [7, 11) is 0. The first-order valence-corrected chi connectivity index (χ1v) is 14.8. The summed E-state index contributed by atoms with van der Waals surface area (Å²) in [4.78, 5) is 20.9. The Bertz CT molecular complexity index is 757. The maximum atomic E-state index is 10.5. The lowest BCUT2D eigenvalue weighted by Gasteiger charge is -2.27. The number of aliphatic hydroxyl groups excluding tert-OH is 1. The molecule has 3 fully saturated rings. The predicted octanol–water partition coefficient (Wildman–Crippen LogP) is 1.36. The Hall–Kier alpha value is 0.900. The molecule has 14 heteroatoms. The molecule has 0 radical (unpaired) electrons. The van der Waals surface area contributed by atoms with E-state index in [0.29, 0.717) is 6.42 Å². The Morgan fingerprint density at radius 1 is 0.867 bits per heavy atom. The van der Waals surface area contributed by atoms with Crippen molar-refractivity contribution in [1.29, 1.82) is 0 Å². The number of ether oxygens (including phenoxy) is 3. The molecule has 30 heavy (non-hydrogen) atoms. The molecule has 0 bridgehead atoms. The second-order valence-corrected chi connectivity index (χ2v) is 12.6. The second kappa shape index (κ2) is 11.4. The lowest BCUT2D eigenvalue weighted by molar-refractivity contribution is -0.0119. The van der Waals surface area contributed by atoms with Crippen LogP contribution in [0.15, 0.2) is 0 Å². The molecule has 3 rings (SSSR count). The lowest BCUT2D eigenvalue weighted by atomic mass is 10.1. The van der Waals surface area contributed by atoms with Crippen molar-refractivity contribution in [2.24, 2.45) is 0 Å². The smallest absolute Gasteiger partial charge is 0.324 e. The molecular formula is C16H30O10P2S2. The Balaban J connectivity index is 1.50. The highest BCUT2D eigenvalue weighted by molar-refractivity contribution is 8.07. The van der Waals surface area contributed by atoms with Crippen LogP contribution in [0.2, 0.25) is 0 Å². The van der Waals surface area contributed by atoms with Gasteiger partial charge in [0.05, 0.1) is 41.7 Å². The monoisotopic (exact) mass is 514 g/mol. The van der Waals surface area contributed by atoms with Crippen LogP contribution in [0.5, 0.6) is 0 Å². The summed E-state index contributed by atoms with van der Waals surface area (Å²) in [5.74, 6) is 0. The first kappa shape index (κ1) is 21.4. The zero-order chi connectivity index (χ0) is 24.4. The summed E-state index contributed by atoms with van der Waals surface area (Å²) < 4.78 is 60.8. The minimum Gasteiger partial charge on any atom is -0.390 e. The molecule has 0 aliphatic carbocycles. The van der Waals surface area contributed by atoms with E-state index in [1.807, 2.05) is 6.92 Å². The van der Waals surface area contributed by atoms with E-state index in [0.717, 1.165) is 0 Å². The largest absolute Gasteiger partial charge is 0.390 e. The van der Waals surface area contributed by atoms with Crippen LogP contribution >= 0.6 is 13.4 Å². The SMILES string of the molecule is [3H]C1CC(O)C(COP(O)(=S)OC2CC([3H])OC2COP(O)(=S)OC2CC([3H])OC2CC)O1. The molecule has 0 amide bonds. The van der Waals surface area contributed by atoms with Crippen molar-refractivity contribution in [2.45, 2.75) is 69.2 Å². The Morgan fingerprint density at radius 3 is 1.87 bits per heavy atom. The predicted molar refractivity (Wildman–Crippen MR) is 114 cm³/mol. The zero-order valence-electron chi connectivity index (χ0n) is 19.3. The van der Waals surface area contributed by atoms with Crippen LogP contribution in [0, 0.1) is 0 Å². The molecule has 0 saturated carbocycles. The van der Waals surface area contributed by atoms with E-state index < -0.39 is 63.7 Å². The zero-order valence-corrected chi connectivity index (χ0v) is 19.8. The van der Waals surface area contributed by atoms with Crippen molar-refractivity contribution in [3.05, 3.63) is 0 Å². The van der Waals surface area contributed by atoms with E-state index >= 15 is 0 Å². The van der Waals surface area contributed by atoms with Gasteiger partial charge in [-0.05, 0) is 36.5 Å². The normalized spacial score (nSPS) is 47.3. The Morgan fingerprint density at radius 2 is 1.33 bits per heavy atom. The van der Waals surface area contributed by atoms with E-state index in [9.17, 15) is 14.9 Å². The first-order chi connectivity index (χ1) is 15.4. The van der Waals surface area contributed by atoms with Gasteiger partial charge in [-0.25, -0.2) is 0 Å². The van der Waals surface area contributed by atoms with E-state index in [1.165, 1.54) is 0 Å². The van der Waals surface area contributed by atoms with Gasteiger partial charge in [-0.1, -0.05) is 6.92 Å². The van der Waals surface area contributed by atoms with Gasteiger partial charge in [0.2, 0.25) is 0 Å². The molecule has 3 aliphatic heterocycles. The molecule has 3 saturated heterocycles. The average molecular weight is 515 g/mol. The van der Waals surface area contributed by atoms with Gasteiger partial charge in [-0.3, -0.25) is 0 Å². The maximum Gasteiger partial charge on any atom is 0.324 e. The Labute approximate surface area is 190 Å². The van der Waals surface area contributed by atoms with Crippen LogP contribution in [0.4, 0.5) is 0 Å². The number of aliphatic hydroxyl groups is 1. The molecule has 11 atom stereocenters. The third kappa shape index (κ3) is 7.46. The van der Waals surface area contributed by atoms with Crippen LogP contribution in [-0.4, -0.2) is 84.5 Å². The molecule has 3 aliphatic rings. The van der Waals surface area contributed by atoms with Crippen molar-refractivity contribution in [3.63, 3.8) is 0 Å². The first-order valence-electron chi connectivity index (χ1n) is 11.3. The van der Waals surface area contributed by atoms with Gasteiger partial charge in [-0.2, -0.15) is 0 Å². The summed E-state index contributed by atoms with van der Waals surface area (Å²) >= 11 is 10.1. The Kier molecular flexibility index (Phi) is 8.11. The molecule has 0 aromatic rings. The van der Waals surface area contributed by atoms with Crippen molar-refractivity contribution in [1.82, 2.24) is 0 Å². The topological polar surface area (TPSA) is 125 Å². The molecule has 176 valence electrons. The lowest BCUT2D eigenvalue weighted by Crippen LogP contribution is -2.30. The van der Waals surface area contributed by atoms with Gasteiger partial charge in [-0.15, -0.1) is 0 Å². The van der Waals surface area contributed by atoms with Gasteiger partial charge in [0.15, 0.2) is 0 Å². The van der Waals surface area contributed by atoms with E-state index in [2.05, 4.69) is 0 Å². The van der Waals surface area contributed by atoms with Gasteiger partial charge in [0, 0.05) is 32.6 Å². The molecule has 0 aromatic carbocycles. The average Bonchev–Trinajstić information content (AvgIpc) is 3.33. The van der Waals surface area contributed by atoms with Crippen molar-refractivity contribution in [2.75, 3.05) is 33.0 Å². The van der Waals surface area contributed by atoms with Crippen molar-refractivity contribution >= 4 is 37.1 Å². The summed E-state index contributed by atoms with van der Waals surface area (Å²) in [6.07, 6.45) is -3.35. The molecular weight excluding hydrogens is 478 g/mol. The third-order valence-corrected chi connectivity index (χ3v) is 7.98. The van der Waals surface area contributed by atoms with Gasteiger partial charge in [0.1, 0.15) is 12.2 Å². The van der Waals surface area contributed by atoms with Crippen LogP contribution in [0.1, 0.15) is 36.7 Å². The summed E-state index contributed by atoms with van der Waals surface area (Å²) in [5.41, 5.74) is 0. The highest BCUT2D eigenvalue weighted by Gasteiger charge is 2.38. The minimum atomic E-state index is -3.80. The molecule has 11 unspecified atom stereocenters. The van der Waals surface area contributed by atoms with Gasteiger partial charge < -0.3 is 47.2 Å². The van der Waals surface area contributed by atoms with Crippen LogP contribution in [0.25, 0.3) is 0 Å². The fraction of sp³-hybridized carbons (Fsp3) is 1.00. The molecule has 10 nitrogen and oxygen atoms in total. The van der Waals surface area contributed by atoms with Crippen LogP contribution in [-0.2, 0) is 55.9 Å². The van der Waals surface area contributed by atoms with Crippen molar-refractivity contribution < 1.29 is 51.3 Å². The van der Waals surface area contributed by atoms with Gasteiger partial charge in [0.25, 0.3) is 0 Å². The van der Waals surface area contributed by atoms with E-state index in [1.54, 1.807) is 0 Å². The number of hydrogen-bond donors (Lipinski definition) is 3. The summed E-state index contributed by atoms with van der Waals surface area (Å²) in [6.45, 7) is -8.78. The standard InChI is InChI=1S/C16H30O10P2S2/c1-2-12-13(4-7-20-12)25-28(19,30)24-10-16-14(5-8-22-16)26-27(18,29)23-9-15-11(17)3-6-21-15/h11-17H,2-10H2,1H3,(H,18,29)(H,19,30)/i6T,7T,8T. The fourth-order valence-electron chi connectivity index (χ4n) is 3.16. The van der Waals surface area contributed by atoms with E-state index in [-0.39, 0.29) is 38.6 Å². The fourth-order valence-corrected chi connectivity index (χ4v) is 6.11. The highest BCUT2D eigenvalue weighted by atomic mass is 32.5. The number of hydrogen-bond acceptors (Lipinski definition) is 10. The number of rotatable bonds is 11.